The van der Waals surface area contributed by atoms with Gasteiger partial charge in [-0.3, -0.25) is 14.5 Å². The monoisotopic (exact) mass is 443 g/mol. The summed E-state index contributed by atoms with van der Waals surface area (Å²) in [4.78, 5) is 40.3. The highest BCUT2D eigenvalue weighted by molar-refractivity contribution is 6.31. The van der Waals surface area contributed by atoms with Crippen molar-refractivity contribution in [2.24, 2.45) is 0 Å². The van der Waals surface area contributed by atoms with Crippen molar-refractivity contribution in [3.8, 4) is 0 Å². The normalized spacial score (nSPS) is 14.1. The molecular formula is C26H18ClNO4. The minimum atomic E-state index is -0.693. The van der Waals surface area contributed by atoms with Gasteiger partial charge in [0.1, 0.15) is 6.10 Å². The van der Waals surface area contributed by atoms with E-state index in [2.05, 4.69) is 0 Å². The Hall–Kier alpha value is -3.70. The summed E-state index contributed by atoms with van der Waals surface area (Å²) in [5.74, 6) is -1.32. The van der Waals surface area contributed by atoms with E-state index >= 15 is 0 Å². The summed E-state index contributed by atoms with van der Waals surface area (Å²) in [7, 11) is 0. The zero-order valence-electron chi connectivity index (χ0n) is 17.2. The van der Waals surface area contributed by atoms with Crippen LogP contribution in [-0.2, 0) is 4.74 Å². The van der Waals surface area contributed by atoms with Gasteiger partial charge in [-0.05, 0) is 59.5 Å². The van der Waals surface area contributed by atoms with Crippen molar-refractivity contribution >= 4 is 50.9 Å². The molecule has 32 heavy (non-hydrogen) atoms. The summed E-state index contributed by atoms with van der Waals surface area (Å²) in [6.07, 6.45) is -0.693. The zero-order chi connectivity index (χ0) is 22.4. The van der Waals surface area contributed by atoms with Crippen LogP contribution in [0.15, 0.2) is 72.8 Å². The summed E-state index contributed by atoms with van der Waals surface area (Å²) in [6.45, 7) is 1.61. The first kappa shape index (κ1) is 20.2. The fourth-order valence-electron chi connectivity index (χ4n) is 4.19. The van der Waals surface area contributed by atoms with Gasteiger partial charge in [0.2, 0.25) is 0 Å². The minimum Gasteiger partial charge on any atom is -0.457 e. The maximum Gasteiger partial charge on any atom is 0.338 e. The van der Waals surface area contributed by atoms with Crippen molar-refractivity contribution < 1.29 is 19.1 Å². The van der Waals surface area contributed by atoms with E-state index in [-0.39, 0.29) is 12.5 Å². The molecule has 1 aliphatic heterocycles. The van der Waals surface area contributed by atoms with E-state index in [4.69, 9.17) is 16.3 Å². The van der Waals surface area contributed by atoms with Gasteiger partial charge in [0.25, 0.3) is 11.8 Å². The van der Waals surface area contributed by atoms with Crippen LogP contribution in [0, 0.1) is 0 Å². The molecule has 0 radical (unpaired) electrons. The number of benzene rings is 4. The molecule has 0 aliphatic carbocycles. The molecule has 0 fully saturated rings. The van der Waals surface area contributed by atoms with Crippen molar-refractivity contribution in [2.45, 2.75) is 13.0 Å². The lowest BCUT2D eigenvalue weighted by atomic mass is 9.89. The predicted octanol–water partition coefficient (Wildman–Crippen LogP) is 5.49. The number of rotatable bonds is 4. The molecule has 0 unspecified atom stereocenters. The summed E-state index contributed by atoms with van der Waals surface area (Å²) in [6, 6.07) is 21.4. The van der Waals surface area contributed by atoms with Gasteiger partial charge in [-0.25, -0.2) is 4.79 Å². The topological polar surface area (TPSA) is 63.7 Å². The molecule has 2 amide bonds. The number of halogens is 1. The van der Waals surface area contributed by atoms with E-state index in [1.54, 1.807) is 37.3 Å². The van der Waals surface area contributed by atoms with E-state index in [9.17, 15) is 14.4 Å². The molecule has 0 saturated carbocycles. The Kier molecular flexibility index (Phi) is 4.91. The number of fused-ring (bicyclic) bond motifs is 2. The number of imide groups is 1. The van der Waals surface area contributed by atoms with Gasteiger partial charge in [-0.2, -0.15) is 0 Å². The minimum absolute atomic E-state index is 0.0456. The Morgan fingerprint density at radius 1 is 0.938 bits per heavy atom. The maximum atomic E-state index is 13.5. The third-order valence-corrected chi connectivity index (χ3v) is 5.90. The number of nitrogens with zero attached hydrogens (tertiary/aromatic N) is 1. The van der Waals surface area contributed by atoms with Crippen molar-refractivity contribution in [3.05, 3.63) is 94.5 Å². The van der Waals surface area contributed by atoms with Crippen molar-refractivity contribution in [1.82, 2.24) is 4.90 Å². The molecule has 1 aliphatic rings. The standard InChI is InChI=1S/C26H18ClNO4/c1-15(32-26(31)16-9-11-19(27)12-10-16)14-28-24(29)21-8-4-6-18-13-17-5-2-3-7-20(17)23(22(18)21)25(28)30/h2-13,15H,14H2,1H3/t15-/m1/s1. The summed E-state index contributed by atoms with van der Waals surface area (Å²) >= 11 is 5.87. The molecule has 5 rings (SSSR count). The van der Waals surface area contributed by atoms with Crippen LogP contribution in [0.5, 0.6) is 0 Å². The van der Waals surface area contributed by atoms with Crippen molar-refractivity contribution in [1.29, 1.82) is 0 Å². The average Bonchev–Trinajstić information content (AvgIpc) is 2.79. The third kappa shape index (κ3) is 3.31. The van der Waals surface area contributed by atoms with Crippen LogP contribution < -0.4 is 0 Å². The lowest BCUT2D eigenvalue weighted by Gasteiger charge is -2.30. The molecule has 4 aromatic carbocycles. The van der Waals surface area contributed by atoms with Crippen LogP contribution in [0.1, 0.15) is 38.0 Å². The Labute approximate surface area is 189 Å². The van der Waals surface area contributed by atoms with E-state index in [1.165, 1.54) is 4.90 Å². The largest absolute Gasteiger partial charge is 0.457 e. The molecule has 0 bridgehead atoms. The Morgan fingerprint density at radius 2 is 1.66 bits per heavy atom. The van der Waals surface area contributed by atoms with Gasteiger partial charge in [0.05, 0.1) is 17.7 Å². The van der Waals surface area contributed by atoms with Crippen molar-refractivity contribution in [3.63, 3.8) is 0 Å². The van der Waals surface area contributed by atoms with Gasteiger partial charge >= 0.3 is 5.97 Å². The summed E-state index contributed by atoms with van der Waals surface area (Å²) in [5.41, 5.74) is 1.32. The lowest BCUT2D eigenvalue weighted by molar-refractivity contribution is 0.0227. The van der Waals surface area contributed by atoms with Gasteiger partial charge in [0.15, 0.2) is 0 Å². The lowest BCUT2D eigenvalue weighted by Crippen LogP contribution is -2.44. The Balaban J connectivity index is 1.48. The quantitative estimate of drug-likeness (QED) is 0.238. The summed E-state index contributed by atoms with van der Waals surface area (Å²) in [5, 5.41) is 3.75. The van der Waals surface area contributed by atoms with Gasteiger partial charge in [0, 0.05) is 16.0 Å². The fourth-order valence-corrected chi connectivity index (χ4v) is 4.32. The second-order valence-electron chi connectivity index (χ2n) is 7.82. The first-order chi connectivity index (χ1) is 15.4. The highest BCUT2D eigenvalue weighted by Crippen LogP contribution is 2.35. The molecule has 4 aromatic rings. The molecule has 0 aromatic heterocycles. The number of carbonyl (C=O) groups is 3. The van der Waals surface area contributed by atoms with Crippen LogP contribution in [0.4, 0.5) is 0 Å². The van der Waals surface area contributed by atoms with Gasteiger partial charge in [-0.15, -0.1) is 0 Å². The fraction of sp³-hybridized carbons (Fsp3) is 0.115. The molecule has 0 N–H and O–H groups in total. The molecule has 0 saturated heterocycles. The zero-order valence-corrected chi connectivity index (χ0v) is 17.9. The number of ether oxygens (including phenoxy) is 1. The van der Waals surface area contributed by atoms with E-state index < -0.39 is 18.0 Å². The number of carbonyl (C=O) groups excluding carboxylic acids is 3. The van der Waals surface area contributed by atoms with E-state index in [0.717, 1.165) is 16.2 Å². The Bertz CT molecular complexity index is 1410. The van der Waals surface area contributed by atoms with Crippen molar-refractivity contribution in [2.75, 3.05) is 6.54 Å². The molecule has 6 heteroatoms. The highest BCUT2D eigenvalue weighted by Gasteiger charge is 2.35. The number of hydrogen-bond acceptors (Lipinski definition) is 4. The molecule has 5 nitrogen and oxygen atoms in total. The number of amides is 2. The van der Waals surface area contributed by atoms with Crippen LogP contribution in [0.2, 0.25) is 5.02 Å². The number of esters is 1. The second kappa shape index (κ2) is 7.77. The molecule has 0 spiro atoms. The molecular weight excluding hydrogens is 426 g/mol. The van der Waals surface area contributed by atoms with E-state index in [1.807, 2.05) is 42.5 Å². The summed E-state index contributed by atoms with van der Waals surface area (Å²) < 4.78 is 5.50. The van der Waals surface area contributed by atoms with E-state index in [0.29, 0.717) is 27.1 Å². The first-order valence-corrected chi connectivity index (χ1v) is 10.6. The highest BCUT2D eigenvalue weighted by atomic mass is 35.5. The average molecular weight is 444 g/mol. The van der Waals surface area contributed by atoms with Gasteiger partial charge < -0.3 is 4.74 Å². The number of hydrogen-bond donors (Lipinski definition) is 0. The smallest absolute Gasteiger partial charge is 0.338 e. The Morgan fingerprint density at radius 3 is 2.44 bits per heavy atom. The van der Waals surface area contributed by atoms with Crippen LogP contribution >= 0.6 is 11.6 Å². The molecule has 1 atom stereocenters. The molecule has 158 valence electrons. The second-order valence-corrected chi connectivity index (χ2v) is 8.26. The third-order valence-electron chi connectivity index (χ3n) is 5.65. The maximum absolute atomic E-state index is 13.5. The van der Waals surface area contributed by atoms with Gasteiger partial charge in [-0.1, -0.05) is 48.0 Å². The van der Waals surface area contributed by atoms with Crippen LogP contribution in [0.3, 0.4) is 0 Å². The predicted molar refractivity (Wildman–Crippen MR) is 123 cm³/mol. The SMILES string of the molecule is C[C@H](CN1C(=O)c2cccc3cc4ccccc4c(c23)C1=O)OC(=O)c1ccc(Cl)cc1. The van der Waals surface area contributed by atoms with Crippen LogP contribution in [0.25, 0.3) is 21.5 Å². The first-order valence-electron chi connectivity index (χ1n) is 10.2. The molecule has 1 heterocycles. The van der Waals surface area contributed by atoms with Crippen LogP contribution in [-0.4, -0.2) is 35.3 Å².